The molecule has 1 fully saturated rings. The summed E-state index contributed by atoms with van der Waals surface area (Å²) in [5.41, 5.74) is 2.39. The van der Waals surface area contributed by atoms with Gasteiger partial charge in [0.1, 0.15) is 12.1 Å². The zero-order valence-corrected chi connectivity index (χ0v) is 15.3. The fourth-order valence-electron chi connectivity index (χ4n) is 4.01. The van der Waals surface area contributed by atoms with E-state index in [-0.39, 0.29) is 22.9 Å². The molecule has 3 aromatic heterocycles. The summed E-state index contributed by atoms with van der Waals surface area (Å²) in [6.45, 7) is 0. The Balaban J connectivity index is 1.64. The third-order valence-corrected chi connectivity index (χ3v) is 5.52. The van der Waals surface area contributed by atoms with E-state index in [1.165, 1.54) is 29.5 Å². The molecule has 0 aliphatic heterocycles. The molecule has 7 nitrogen and oxygen atoms in total. The molecule has 0 bridgehead atoms. The zero-order chi connectivity index (χ0) is 19.1. The van der Waals surface area contributed by atoms with E-state index in [0.29, 0.717) is 16.9 Å². The predicted molar refractivity (Wildman–Crippen MR) is 102 cm³/mol. The fraction of sp³-hybridized carbons (Fsp3) is 0.350. The van der Waals surface area contributed by atoms with Crippen LogP contribution in [0, 0.1) is 5.82 Å². The van der Waals surface area contributed by atoms with Crippen LogP contribution in [0.15, 0.2) is 41.6 Å². The molecule has 0 amide bonds. The molecule has 4 aromatic rings. The maximum absolute atomic E-state index is 13.2. The van der Waals surface area contributed by atoms with Crippen molar-refractivity contribution in [2.24, 2.45) is 0 Å². The van der Waals surface area contributed by atoms with Crippen LogP contribution in [0.25, 0.3) is 27.9 Å². The van der Waals surface area contributed by atoms with Crippen molar-refractivity contribution in [3.63, 3.8) is 0 Å². The summed E-state index contributed by atoms with van der Waals surface area (Å²) in [6.07, 6.45) is 9.90. The molecular weight excluding hydrogens is 359 g/mol. The molecule has 0 spiro atoms. The molecule has 142 valence electrons. The van der Waals surface area contributed by atoms with E-state index >= 15 is 0 Å². The Bertz CT molecular complexity index is 1210. The summed E-state index contributed by atoms with van der Waals surface area (Å²) in [5, 5.41) is 12.8. The number of rotatable bonds is 2. The van der Waals surface area contributed by atoms with Gasteiger partial charge in [0, 0.05) is 11.6 Å². The first kappa shape index (κ1) is 17.0. The molecule has 0 unspecified atom stereocenters. The van der Waals surface area contributed by atoms with Gasteiger partial charge in [-0.15, -0.1) is 10.2 Å². The highest BCUT2D eigenvalue weighted by Crippen LogP contribution is 2.27. The van der Waals surface area contributed by atoms with Crippen LogP contribution in [0.3, 0.4) is 0 Å². The van der Waals surface area contributed by atoms with Crippen LogP contribution in [-0.4, -0.2) is 29.4 Å². The first-order valence-corrected chi connectivity index (χ1v) is 9.59. The smallest absolute Gasteiger partial charge is 0.283 e. The standard InChI is InChI=1S/C20H19FN6O/c21-14-9-7-13(8-10-14)16-11-23-27-18(16)25-24-17-19(27)22-12-26(20(17)28)15-5-3-1-2-4-6-15/h7-12,15H,1-6H2. The first-order chi connectivity index (χ1) is 13.7. The van der Waals surface area contributed by atoms with E-state index in [0.717, 1.165) is 31.2 Å². The van der Waals surface area contributed by atoms with Crippen molar-refractivity contribution in [3.05, 3.63) is 53.0 Å². The van der Waals surface area contributed by atoms with Crippen molar-refractivity contribution in [2.75, 3.05) is 0 Å². The maximum Gasteiger partial charge on any atom is 0.283 e. The van der Waals surface area contributed by atoms with Crippen LogP contribution in [-0.2, 0) is 0 Å². The second-order valence-corrected chi connectivity index (χ2v) is 7.28. The third kappa shape index (κ3) is 2.76. The van der Waals surface area contributed by atoms with Crippen LogP contribution < -0.4 is 5.56 Å². The summed E-state index contributed by atoms with van der Waals surface area (Å²) < 4.78 is 16.5. The first-order valence-electron chi connectivity index (χ1n) is 9.59. The lowest BCUT2D eigenvalue weighted by molar-refractivity contribution is 0.429. The Morgan fingerprint density at radius 2 is 1.71 bits per heavy atom. The van der Waals surface area contributed by atoms with E-state index < -0.39 is 0 Å². The van der Waals surface area contributed by atoms with Gasteiger partial charge in [-0.1, -0.05) is 37.8 Å². The van der Waals surface area contributed by atoms with Gasteiger partial charge in [-0.3, -0.25) is 9.36 Å². The van der Waals surface area contributed by atoms with Crippen LogP contribution in [0.5, 0.6) is 0 Å². The molecule has 0 atom stereocenters. The van der Waals surface area contributed by atoms with Crippen molar-refractivity contribution in [3.8, 4) is 11.1 Å². The minimum absolute atomic E-state index is 0.164. The van der Waals surface area contributed by atoms with Crippen LogP contribution in [0.1, 0.15) is 44.6 Å². The van der Waals surface area contributed by atoms with E-state index in [1.807, 2.05) is 0 Å². The van der Waals surface area contributed by atoms with Gasteiger partial charge in [-0.25, -0.2) is 9.37 Å². The van der Waals surface area contributed by atoms with Crippen molar-refractivity contribution in [1.82, 2.24) is 29.4 Å². The van der Waals surface area contributed by atoms with Crippen LogP contribution in [0.4, 0.5) is 4.39 Å². The number of benzene rings is 1. The fourth-order valence-corrected chi connectivity index (χ4v) is 4.01. The monoisotopic (exact) mass is 378 g/mol. The number of hydrogen-bond donors (Lipinski definition) is 0. The van der Waals surface area contributed by atoms with Gasteiger partial charge in [-0.05, 0) is 30.5 Å². The number of aromatic nitrogens is 6. The second kappa shape index (κ2) is 6.78. The quantitative estimate of drug-likeness (QED) is 0.499. The van der Waals surface area contributed by atoms with Crippen molar-refractivity contribution >= 4 is 16.8 Å². The zero-order valence-electron chi connectivity index (χ0n) is 15.3. The average molecular weight is 378 g/mol. The van der Waals surface area contributed by atoms with E-state index in [2.05, 4.69) is 20.3 Å². The molecule has 5 rings (SSSR count). The second-order valence-electron chi connectivity index (χ2n) is 7.28. The van der Waals surface area contributed by atoms with E-state index in [4.69, 9.17) is 0 Å². The highest BCUT2D eigenvalue weighted by molar-refractivity contribution is 5.80. The van der Waals surface area contributed by atoms with Gasteiger partial charge < -0.3 is 0 Å². The number of hydrogen-bond acceptors (Lipinski definition) is 5. The molecule has 1 aromatic carbocycles. The lowest BCUT2D eigenvalue weighted by Crippen LogP contribution is -2.26. The number of nitrogens with zero attached hydrogens (tertiary/aromatic N) is 6. The molecule has 1 aliphatic rings. The van der Waals surface area contributed by atoms with Crippen LogP contribution >= 0.6 is 0 Å². The highest BCUT2D eigenvalue weighted by atomic mass is 19.1. The van der Waals surface area contributed by atoms with Gasteiger partial charge in [-0.2, -0.15) is 9.61 Å². The summed E-state index contributed by atoms with van der Waals surface area (Å²) in [6, 6.07) is 6.26. The van der Waals surface area contributed by atoms with Gasteiger partial charge in [0.05, 0.1) is 6.20 Å². The van der Waals surface area contributed by atoms with Crippen molar-refractivity contribution in [1.29, 1.82) is 0 Å². The summed E-state index contributed by atoms with van der Waals surface area (Å²) in [5.74, 6) is -0.308. The Kier molecular flexibility index (Phi) is 4.11. The Morgan fingerprint density at radius 1 is 0.964 bits per heavy atom. The molecule has 0 radical (unpaired) electrons. The molecule has 1 aliphatic carbocycles. The molecule has 1 saturated carbocycles. The summed E-state index contributed by atoms with van der Waals surface area (Å²) in [7, 11) is 0. The SMILES string of the molecule is O=c1c2nnc3c(-c4ccc(F)cc4)cnn3c2ncn1C1CCCCCC1. The molecule has 28 heavy (non-hydrogen) atoms. The Labute approximate surface area is 159 Å². The molecule has 8 heteroatoms. The van der Waals surface area contributed by atoms with Gasteiger partial charge in [0.25, 0.3) is 5.56 Å². The lowest BCUT2D eigenvalue weighted by Gasteiger charge is -2.17. The minimum atomic E-state index is -0.308. The molecule has 0 N–H and O–H groups in total. The lowest BCUT2D eigenvalue weighted by atomic mass is 10.1. The van der Waals surface area contributed by atoms with Gasteiger partial charge >= 0.3 is 0 Å². The van der Waals surface area contributed by atoms with Crippen molar-refractivity contribution in [2.45, 2.75) is 44.6 Å². The molecule has 0 saturated heterocycles. The number of halogens is 1. The summed E-state index contributed by atoms with van der Waals surface area (Å²) in [4.78, 5) is 17.5. The predicted octanol–water partition coefficient (Wildman–Crippen LogP) is 3.54. The Hall–Kier alpha value is -3.16. The molecular formula is C20H19FN6O. The minimum Gasteiger partial charge on any atom is -0.294 e. The average Bonchev–Trinajstić information content (AvgIpc) is 2.96. The topological polar surface area (TPSA) is 78.0 Å². The molecule has 3 heterocycles. The maximum atomic E-state index is 13.2. The van der Waals surface area contributed by atoms with Gasteiger partial charge in [0.15, 0.2) is 16.8 Å². The number of fused-ring (bicyclic) bond motifs is 3. The summed E-state index contributed by atoms with van der Waals surface area (Å²) >= 11 is 0. The van der Waals surface area contributed by atoms with Crippen molar-refractivity contribution < 1.29 is 4.39 Å². The van der Waals surface area contributed by atoms with Crippen LogP contribution in [0.2, 0.25) is 0 Å². The Morgan fingerprint density at radius 3 is 2.46 bits per heavy atom. The largest absolute Gasteiger partial charge is 0.294 e. The van der Waals surface area contributed by atoms with E-state index in [1.54, 1.807) is 29.2 Å². The van der Waals surface area contributed by atoms with E-state index in [9.17, 15) is 9.18 Å². The highest BCUT2D eigenvalue weighted by Gasteiger charge is 2.20. The van der Waals surface area contributed by atoms with Gasteiger partial charge in [0.2, 0.25) is 0 Å². The normalized spacial score (nSPS) is 15.9. The third-order valence-electron chi connectivity index (χ3n) is 5.52.